The molecule has 0 aromatic heterocycles. The highest BCUT2D eigenvalue weighted by Gasteiger charge is 2.11. The lowest BCUT2D eigenvalue weighted by atomic mass is 9.95. The van der Waals surface area contributed by atoms with Gasteiger partial charge in [-0.3, -0.25) is 8.74 Å². The first-order chi connectivity index (χ1) is 8.58. The Kier molecular flexibility index (Phi) is 8.28. The fourth-order valence-corrected chi connectivity index (χ4v) is 2.67. The molecule has 1 aliphatic carbocycles. The molecule has 0 amide bonds. The molecule has 1 fully saturated rings. The van der Waals surface area contributed by atoms with Crippen LogP contribution in [0.4, 0.5) is 0 Å². The van der Waals surface area contributed by atoms with Gasteiger partial charge in [0.15, 0.2) is 0 Å². The summed E-state index contributed by atoms with van der Waals surface area (Å²) >= 11 is 4.20. The van der Waals surface area contributed by atoms with E-state index in [1.165, 1.54) is 32.1 Å². The van der Waals surface area contributed by atoms with Crippen LogP contribution < -0.4 is 10.6 Å². The zero-order valence-corrected chi connectivity index (χ0v) is 12.4. The van der Waals surface area contributed by atoms with E-state index in [0.29, 0.717) is 12.6 Å². The van der Waals surface area contributed by atoms with Gasteiger partial charge < -0.3 is 10.6 Å². The van der Waals surface area contributed by atoms with Crippen LogP contribution in [0.3, 0.4) is 0 Å². The minimum absolute atomic E-state index is 0.175. The summed E-state index contributed by atoms with van der Waals surface area (Å²) in [5.74, 6) is 0. The van der Waals surface area contributed by atoms with Crippen LogP contribution in [0.15, 0.2) is 0 Å². The molecular formula is C11H24N2O3S2. The highest BCUT2D eigenvalue weighted by Crippen LogP contribution is 2.16. The van der Waals surface area contributed by atoms with Gasteiger partial charge in [0.1, 0.15) is 0 Å². The molecule has 0 saturated heterocycles. The number of nitrogens with one attached hydrogen (secondary N) is 2. The second-order valence-corrected chi connectivity index (χ2v) is 7.00. The van der Waals surface area contributed by atoms with Gasteiger partial charge in [0.2, 0.25) is 0 Å². The Morgan fingerprint density at radius 2 is 1.94 bits per heavy atom. The average molecular weight is 296 g/mol. The largest absolute Gasteiger partial charge is 0.314 e. The quantitative estimate of drug-likeness (QED) is 0.552. The van der Waals surface area contributed by atoms with Gasteiger partial charge in [0, 0.05) is 23.8 Å². The minimum atomic E-state index is -3.46. The van der Waals surface area contributed by atoms with Crippen molar-refractivity contribution in [1.29, 1.82) is 0 Å². The molecule has 0 aromatic carbocycles. The second-order valence-electron chi connectivity index (χ2n) is 4.64. The van der Waals surface area contributed by atoms with Gasteiger partial charge in [0.05, 0.1) is 6.61 Å². The van der Waals surface area contributed by atoms with Crippen LogP contribution in [0.2, 0.25) is 0 Å². The van der Waals surface area contributed by atoms with Crippen molar-refractivity contribution in [3.05, 3.63) is 0 Å². The summed E-state index contributed by atoms with van der Waals surface area (Å²) in [4.78, 5) is 0. The average Bonchev–Trinajstić information content (AvgIpc) is 2.32. The first-order valence-electron chi connectivity index (χ1n) is 6.64. The monoisotopic (exact) mass is 296 g/mol. The standard InChI is InChI=1S/C11H24N2O3S2/c14-18(15,17)16-10-9-12-7-4-8-13-11-5-2-1-3-6-11/h11-13H,1-10H2,(H,14,15,17). The SMILES string of the molecule is O=S(O)(=S)OCCNCCCNC1CCCCC1. The Bertz CT molecular complexity index is 303. The summed E-state index contributed by atoms with van der Waals surface area (Å²) in [5.41, 5.74) is 0. The number of hydrogen-bond donors (Lipinski definition) is 3. The zero-order chi connectivity index (χ0) is 13.3. The zero-order valence-electron chi connectivity index (χ0n) is 10.7. The molecule has 0 aliphatic heterocycles. The lowest BCUT2D eigenvalue weighted by molar-refractivity contribution is 0.301. The molecule has 1 aliphatic rings. The summed E-state index contributed by atoms with van der Waals surface area (Å²) in [6, 6.07) is 0.710. The van der Waals surface area contributed by atoms with Crippen molar-refractivity contribution < 1.29 is 12.9 Å². The van der Waals surface area contributed by atoms with E-state index in [-0.39, 0.29) is 6.61 Å². The van der Waals surface area contributed by atoms with Gasteiger partial charge >= 0.3 is 0 Å². The fourth-order valence-electron chi connectivity index (χ4n) is 2.17. The Morgan fingerprint density at radius 1 is 1.22 bits per heavy atom. The van der Waals surface area contributed by atoms with Crippen molar-refractivity contribution in [3.63, 3.8) is 0 Å². The minimum Gasteiger partial charge on any atom is -0.314 e. The van der Waals surface area contributed by atoms with Crippen LogP contribution in [-0.4, -0.2) is 41.0 Å². The Balaban J connectivity index is 1.83. The smallest absolute Gasteiger partial charge is 0.266 e. The van der Waals surface area contributed by atoms with Crippen LogP contribution in [0.5, 0.6) is 0 Å². The van der Waals surface area contributed by atoms with E-state index in [1.807, 2.05) is 0 Å². The third-order valence-corrected chi connectivity index (χ3v) is 3.83. The Morgan fingerprint density at radius 3 is 2.61 bits per heavy atom. The molecule has 0 aromatic rings. The van der Waals surface area contributed by atoms with E-state index in [9.17, 15) is 4.21 Å². The van der Waals surface area contributed by atoms with Crippen LogP contribution in [0, 0.1) is 0 Å². The Labute approximate surface area is 115 Å². The van der Waals surface area contributed by atoms with Crippen LogP contribution >= 0.6 is 0 Å². The third kappa shape index (κ3) is 9.18. The molecule has 5 nitrogen and oxygen atoms in total. The summed E-state index contributed by atoms with van der Waals surface area (Å²) in [7, 11) is -3.46. The molecule has 108 valence electrons. The first kappa shape index (κ1) is 16.3. The Hall–Kier alpha value is 0.210. The van der Waals surface area contributed by atoms with Gasteiger partial charge in [0.25, 0.3) is 9.05 Å². The molecular weight excluding hydrogens is 272 g/mol. The molecule has 3 N–H and O–H groups in total. The van der Waals surface area contributed by atoms with Gasteiger partial charge in [-0.1, -0.05) is 19.3 Å². The van der Waals surface area contributed by atoms with Crippen LogP contribution in [0.1, 0.15) is 38.5 Å². The van der Waals surface area contributed by atoms with Crippen molar-refractivity contribution in [2.24, 2.45) is 0 Å². The number of rotatable bonds is 9. The van der Waals surface area contributed by atoms with E-state index in [0.717, 1.165) is 19.5 Å². The molecule has 7 heteroatoms. The van der Waals surface area contributed by atoms with Gasteiger partial charge in [-0.25, -0.2) is 0 Å². The van der Waals surface area contributed by atoms with Crippen LogP contribution in [-0.2, 0) is 24.4 Å². The number of hydrogen-bond acceptors (Lipinski definition) is 5. The molecule has 1 atom stereocenters. The van der Waals surface area contributed by atoms with Crippen molar-refractivity contribution in [3.8, 4) is 0 Å². The van der Waals surface area contributed by atoms with E-state index >= 15 is 0 Å². The van der Waals surface area contributed by atoms with E-state index < -0.39 is 9.05 Å². The normalized spacial score (nSPS) is 20.7. The highest BCUT2D eigenvalue weighted by atomic mass is 32.9. The summed E-state index contributed by atoms with van der Waals surface area (Å²) in [5, 5.41) is 6.71. The molecule has 1 unspecified atom stereocenters. The summed E-state index contributed by atoms with van der Waals surface area (Å²) in [6.45, 7) is 2.63. The molecule has 0 bridgehead atoms. The lowest BCUT2D eigenvalue weighted by Gasteiger charge is -2.22. The predicted molar refractivity (Wildman–Crippen MR) is 76.5 cm³/mol. The van der Waals surface area contributed by atoms with E-state index in [1.54, 1.807) is 0 Å². The second kappa shape index (κ2) is 9.17. The molecule has 1 saturated carbocycles. The molecule has 0 radical (unpaired) electrons. The highest BCUT2D eigenvalue weighted by molar-refractivity contribution is 8.27. The fraction of sp³-hybridized carbons (Fsp3) is 1.00. The van der Waals surface area contributed by atoms with Gasteiger partial charge in [-0.15, -0.1) is 0 Å². The molecule has 0 spiro atoms. The van der Waals surface area contributed by atoms with Crippen molar-refractivity contribution >= 4 is 20.2 Å². The van der Waals surface area contributed by atoms with Crippen LogP contribution in [0.25, 0.3) is 0 Å². The first-order valence-corrected chi connectivity index (χ1v) is 9.00. The third-order valence-electron chi connectivity index (χ3n) is 3.08. The van der Waals surface area contributed by atoms with Crippen molar-refractivity contribution in [2.45, 2.75) is 44.6 Å². The predicted octanol–water partition coefficient (Wildman–Crippen LogP) is 1.04. The molecule has 1 rings (SSSR count). The van der Waals surface area contributed by atoms with Gasteiger partial charge in [-0.2, -0.15) is 4.21 Å². The van der Waals surface area contributed by atoms with Crippen molar-refractivity contribution in [2.75, 3.05) is 26.2 Å². The topological polar surface area (TPSA) is 70.6 Å². The van der Waals surface area contributed by atoms with E-state index in [4.69, 9.17) is 4.55 Å². The maximum Gasteiger partial charge on any atom is 0.266 e. The summed E-state index contributed by atoms with van der Waals surface area (Å²) in [6.07, 6.45) is 7.77. The summed E-state index contributed by atoms with van der Waals surface area (Å²) < 4.78 is 23.8. The van der Waals surface area contributed by atoms with E-state index in [2.05, 4.69) is 26.0 Å². The maximum absolute atomic E-state index is 10.6. The van der Waals surface area contributed by atoms with Gasteiger partial charge in [-0.05, 0) is 32.4 Å². The maximum atomic E-state index is 10.6. The molecule has 0 heterocycles. The lowest BCUT2D eigenvalue weighted by Crippen LogP contribution is -2.33. The molecule has 18 heavy (non-hydrogen) atoms. The van der Waals surface area contributed by atoms with Crippen molar-refractivity contribution in [1.82, 2.24) is 10.6 Å².